The second-order valence-corrected chi connectivity index (χ2v) is 19.0. The summed E-state index contributed by atoms with van der Waals surface area (Å²) in [5.74, 6) is -2.06. The van der Waals surface area contributed by atoms with E-state index in [4.69, 9.17) is 14.5 Å². The smallest absolute Gasteiger partial charge is 0.324 e. The first-order chi connectivity index (χ1) is 29.6. The normalized spacial score (nSPS) is 25.2. The zero-order valence-corrected chi connectivity index (χ0v) is 37.2. The fourth-order valence-electron chi connectivity index (χ4n) is 10.6. The second kappa shape index (κ2) is 16.8. The van der Waals surface area contributed by atoms with Gasteiger partial charge in [0, 0.05) is 74.2 Å². The number of hydrogen-bond donors (Lipinski definition) is 4. The third-order valence-corrected chi connectivity index (χ3v) is 13.7. The van der Waals surface area contributed by atoms with Crippen molar-refractivity contribution in [2.45, 2.75) is 104 Å². The van der Waals surface area contributed by atoms with Crippen LogP contribution in [0.2, 0.25) is 0 Å². The molecular formula is C48H61N7O7. The number of ether oxygens (including phenoxy) is 2. The number of pyridine rings is 1. The average molecular weight is 848 g/mol. The van der Waals surface area contributed by atoms with Gasteiger partial charge in [-0.3, -0.25) is 29.2 Å². The highest BCUT2D eigenvalue weighted by molar-refractivity contribution is 5.97. The molecule has 0 radical (unpaired) electrons. The van der Waals surface area contributed by atoms with Crippen molar-refractivity contribution >= 4 is 34.6 Å². The van der Waals surface area contributed by atoms with Crippen LogP contribution in [-0.2, 0) is 41.6 Å². The minimum Gasteiger partial charge on any atom is -0.508 e. The molecule has 1 aliphatic carbocycles. The Labute approximate surface area is 363 Å². The number of nitrogens with zero attached hydrogens (tertiary/aromatic N) is 4. The molecule has 5 heterocycles. The van der Waals surface area contributed by atoms with Gasteiger partial charge in [-0.25, -0.2) is 5.43 Å². The SMILES string of the molecule is CCn1c2c3c4cc(ccc41)-c1cc(O)cc(c1)CC(NC(=O)[C@H](C(C)C)N(C)C(=O)[C@@]1(C)CCNC1)C(=O)N1CCC[C@H](N1)C(=O)OCC(C)(C)C3[C@H](OC)c1ncccc1-2. The van der Waals surface area contributed by atoms with E-state index >= 15 is 0 Å². The lowest BCUT2D eigenvalue weighted by Crippen LogP contribution is -2.62. The summed E-state index contributed by atoms with van der Waals surface area (Å²) in [6.45, 7) is 14.3. The van der Waals surface area contributed by atoms with Gasteiger partial charge in [0.1, 0.15) is 30.0 Å². The summed E-state index contributed by atoms with van der Waals surface area (Å²) < 4.78 is 14.9. The molecule has 62 heavy (non-hydrogen) atoms. The van der Waals surface area contributed by atoms with Crippen LogP contribution in [0.3, 0.4) is 0 Å². The van der Waals surface area contributed by atoms with Crippen LogP contribution in [0.1, 0.15) is 89.6 Å². The highest BCUT2D eigenvalue weighted by atomic mass is 16.5. The number of esters is 1. The molecule has 14 nitrogen and oxygen atoms in total. The number of hydrazine groups is 1. The number of phenolic OH excluding ortho intramolecular Hbond substituents is 1. The van der Waals surface area contributed by atoms with E-state index in [2.05, 4.69) is 59.6 Å². The lowest BCUT2D eigenvalue weighted by Gasteiger charge is -2.42. The summed E-state index contributed by atoms with van der Waals surface area (Å²) in [6, 6.07) is 12.8. The van der Waals surface area contributed by atoms with Crippen molar-refractivity contribution in [3.05, 3.63) is 71.5 Å². The van der Waals surface area contributed by atoms with E-state index in [-0.39, 0.29) is 36.5 Å². The lowest BCUT2D eigenvalue weighted by molar-refractivity contribution is -0.156. The minimum absolute atomic E-state index is 0.0128. The number of carbonyl (C=O) groups is 4. The molecule has 2 fully saturated rings. The molecule has 4 N–H and O–H groups in total. The Morgan fingerprint density at radius 1 is 1.11 bits per heavy atom. The van der Waals surface area contributed by atoms with Crippen LogP contribution in [-0.4, -0.2) is 107 Å². The first-order valence-electron chi connectivity index (χ1n) is 22.1. The number of rotatable bonds is 7. The maximum atomic E-state index is 14.7. The summed E-state index contributed by atoms with van der Waals surface area (Å²) in [5, 5.41) is 20.0. The minimum atomic E-state index is -1.11. The molecule has 2 unspecified atom stereocenters. The molecule has 8 rings (SSSR count). The van der Waals surface area contributed by atoms with Gasteiger partial charge in [0.15, 0.2) is 0 Å². The van der Waals surface area contributed by atoms with Crippen LogP contribution in [0.4, 0.5) is 0 Å². The number of carbonyl (C=O) groups excluding carboxylic acids is 4. The van der Waals surface area contributed by atoms with Gasteiger partial charge in [-0.1, -0.05) is 39.8 Å². The van der Waals surface area contributed by atoms with E-state index in [9.17, 15) is 24.3 Å². The van der Waals surface area contributed by atoms with E-state index in [1.165, 1.54) is 9.91 Å². The summed E-state index contributed by atoms with van der Waals surface area (Å²) in [6.07, 6.45) is 3.00. The van der Waals surface area contributed by atoms with Gasteiger partial charge in [-0.15, -0.1) is 0 Å². The van der Waals surface area contributed by atoms with Crippen LogP contribution in [0.5, 0.6) is 5.75 Å². The number of cyclic esters (lactones) is 1. The zero-order chi connectivity index (χ0) is 44.2. The number of aromatic nitrogens is 2. The van der Waals surface area contributed by atoms with Crippen molar-refractivity contribution in [3.63, 3.8) is 0 Å². The molecule has 2 aromatic heterocycles. The summed E-state index contributed by atoms with van der Waals surface area (Å²) >= 11 is 0. The Kier molecular flexibility index (Phi) is 11.7. The van der Waals surface area contributed by atoms with Crippen LogP contribution in [0.15, 0.2) is 54.7 Å². The Hall–Kier alpha value is -5.31. The lowest BCUT2D eigenvalue weighted by atomic mass is 9.67. The summed E-state index contributed by atoms with van der Waals surface area (Å²) in [7, 11) is 3.35. The van der Waals surface area contributed by atoms with E-state index in [0.717, 1.165) is 51.1 Å². The van der Waals surface area contributed by atoms with Crippen molar-refractivity contribution in [2.24, 2.45) is 16.7 Å². The molecule has 4 aliphatic rings. The molecular weight excluding hydrogens is 787 g/mol. The van der Waals surface area contributed by atoms with E-state index in [1.807, 2.05) is 39.0 Å². The van der Waals surface area contributed by atoms with Crippen LogP contribution >= 0.6 is 0 Å². The standard InChI is InChI=1S/C48H61N7O7/c1-9-54-36-15-14-29-24-33(36)37-38(42(61-8)39-32(41(37)54)12-10-17-50-39)47(4,5)26-62-45(59)34-13-11-19-55(52-34)44(58)35(22-28-20-30(29)23-31(56)21-28)51-43(57)40(27(2)3)53(7)46(60)48(6)16-18-49-25-48/h10,12,14-15,17,20-21,23-24,27,34-35,38,40,42,49,52,56H,9,11,13,16,18-19,22,25-26H2,1-8H3,(H,51,57)/t34-,35?,38?,40-,42-,48-/m0/s1. The number of fused-ring (bicyclic) bond motifs is 8. The molecule has 6 atom stereocenters. The first-order valence-corrected chi connectivity index (χ1v) is 22.1. The number of aryl methyl sites for hydroxylation is 1. The molecule has 2 saturated heterocycles. The van der Waals surface area contributed by atoms with Gasteiger partial charge in [0.2, 0.25) is 11.8 Å². The Balaban J connectivity index is 1.25. The van der Waals surface area contributed by atoms with Gasteiger partial charge < -0.3 is 34.7 Å². The van der Waals surface area contributed by atoms with Crippen molar-refractivity contribution < 1.29 is 33.8 Å². The molecule has 3 amide bonds. The van der Waals surface area contributed by atoms with Crippen molar-refractivity contribution in [2.75, 3.05) is 40.4 Å². The maximum Gasteiger partial charge on any atom is 0.324 e. The molecule has 0 spiro atoms. The van der Waals surface area contributed by atoms with Crippen molar-refractivity contribution in [1.29, 1.82) is 0 Å². The van der Waals surface area contributed by atoms with Gasteiger partial charge in [-0.05, 0) is 104 Å². The molecule has 330 valence electrons. The zero-order valence-electron chi connectivity index (χ0n) is 37.2. The number of hydrogen-bond acceptors (Lipinski definition) is 10. The van der Waals surface area contributed by atoms with Gasteiger partial charge in [0.05, 0.1) is 23.4 Å². The number of nitrogens with one attached hydrogen (secondary N) is 3. The number of methoxy groups -OCH3 is 1. The molecule has 6 bridgehead atoms. The van der Waals surface area contributed by atoms with Crippen LogP contribution < -0.4 is 16.1 Å². The predicted octanol–water partition coefficient (Wildman–Crippen LogP) is 5.47. The van der Waals surface area contributed by atoms with E-state index < -0.39 is 52.8 Å². The quantitative estimate of drug-likeness (QED) is 0.175. The molecule has 2 aromatic carbocycles. The number of amides is 3. The molecule has 0 saturated carbocycles. The second-order valence-electron chi connectivity index (χ2n) is 19.0. The molecule has 3 aliphatic heterocycles. The fraction of sp³-hybridized carbons (Fsp3) is 0.521. The van der Waals surface area contributed by atoms with E-state index in [0.29, 0.717) is 44.5 Å². The summed E-state index contributed by atoms with van der Waals surface area (Å²) in [5.41, 5.74) is 9.02. The number of phenols is 1. The molecule has 14 heteroatoms. The average Bonchev–Trinajstić information content (AvgIpc) is 3.85. The monoisotopic (exact) mass is 847 g/mol. The highest BCUT2D eigenvalue weighted by Crippen LogP contribution is 2.57. The third kappa shape index (κ3) is 7.64. The van der Waals surface area contributed by atoms with Gasteiger partial charge >= 0.3 is 5.97 Å². The fourth-order valence-corrected chi connectivity index (χ4v) is 10.6. The van der Waals surface area contributed by atoms with Crippen molar-refractivity contribution in [3.8, 4) is 28.1 Å². The maximum absolute atomic E-state index is 14.7. The Morgan fingerprint density at radius 2 is 1.90 bits per heavy atom. The summed E-state index contributed by atoms with van der Waals surface area (Å²) in [4.78, 5) is 63.5. The van der Waals surface area contributed by atoms with Crippen LogP contribution in [0, 0.1) is 16.7 Å². The Bertz CT molecular complexity index is 2400. The predicted molar refractivity (Wildman–Crippen MR) is 236 cm³/mol. The van der Waals surface area contributed by atoms with E-state index in [1.54, 1.807) is 32.5 Å². The number of likely N-dealkylation sites (N-methyl/N-ethyl adjacent to an activating group) is 1. The Morgan fingerprint density at radius 3 is 2.61 bits per heavy atom. The van der Waals surface area contributed by atoms with Crippen LogP contribution in [0.25, 0.3) is 33.3 Å². The first kappa shape index (κ1) is 43.3. The van der Waals surface area contributed by atoms with Gasteiger partial charge in [-0.2, -0.15) is 0 Å². The molecule has 4 aromatic rings. The van der Waals surface area contributed by atoms with Crippen molar-refractivity contribution in [1.82, 2.24) is 35.5 Å². The number of aromatic hydroxyl groups is 1. The highest BCUT2D eigenvalue weighted by Gasteiger charge is 2.48. The third-order valence-electron chi connectivity index (χ3n) is 13.7. The topological polar surface area (TPSA) is 167 Å². The largest absolute Gasteiger partial charge is 0.508 e. The van der Waals surface area contributed by atoms with Gasteiger partial charge in [0.25, 0.3) is 5.91 Å². The number of benzene rings is 2.